The summed E-state index contributed by atoms with van der Waals surface area (Å²) in [5, 5.41) is 8.68. The van der Waals surface area contributed by atoms with Gasteiger partial charge in [0, 0.05) is 0 Å². The molecule has 0 unspecified atom stereocenters. The van der Waals surface area contributed by atoms with Gasteiger partial charge in [0.2, 0.25) is 0 Å². The molecule has 1 rings (SSSR count). The van der Waals surface area contributed by atoms with E-state index in [0.29, 0.717) is 24.5 Å². The van der Waals surface area contributed by atoms with Crippen LogP contribution in [0.1, 0.15) is 12.0 Å². The fraction of sp³-hybridized carbons (Fsp3) is 0.300. The minimum atomic E-state index is 0.573. The summed E-state index contributed by atoms with van der Waals surface area (Å²) in [6.45, 7) is 1.18. The van der Waals surface area contributed by atoms with Crippen molar-refractivity contribution in [1.82, 2.24) is 0 Å². The summed E-state index contributed by atoms with van der Waals surface area (Å²) >= 11 is 3.35. The highest BCUT2D eigenvalue weighted by molar-refractivity contribution is 9.10. The van der Waals surface area contributed by atoms with Crippen molar-refractivity contribution in [2.75, 3.05) is 13.2 Å². The van der Waals surface area contributed by atoms with Crippen LogP contribution in [0.5, 0.6) is 5.75 Å². The van der Waals surface area contributed by atoms with Crippen molar-refractivity contribution in [2.24, 2.45) is 5.73 Å². The van der Waals surface area contributed by atoms with Crippen molar-refractivity contribution in [1.29, 1.82) is 5.26 Å². The molecule has 0 aromatic heterocycles. The maximum Gasteiger partial charge on any atom is 0.134 e. The molecule has 74 valence electrons. The Hall–Kier alpha value is -1.05. The van der Waals surface area contributed by atoms with Gasteiger partial charge in [0.25, 0.3) is 0 Å². The van der Waals surface area contributed by atoms with E-state index in [-0.39, 0.29) is 0 Å². The van der Waals surface area contributed by atoms with Gasteiger partial charge in [-0.25, -0.2) is 0 Å². The third-order valence-electron chi connectivity index (χ3n) is 1.67. The van der Waals surface area contributed by atoms with E-state index < -0.39 is 0 Å². The summed E-state index contributed by atoms with van der Waals surface area (Å²) in [4.78, 5) is 0. The maximum atomic E-state index is 8.68. The van der Waals surface area contributed by atoms with Gasteiger partial charge in [-0.05, 0) is 47.1 Å². The third kappa shape index (κ3) is 3.02. The zero-order chi connectivity index (χ0) is 10.4. The Kier molecular flexibility index (Phi) is 4.44. The highest BCUT2D eigenvalue weighted by atomic mass is 79.9. The normalized spacial score (nSPS) is 9.50. The lowest BCUT2D eigenvalue weighted by Gasteiger charge is -2.07. The number of nitrogens with two attached hydrogens (primary N) is 1. The van der Waals surface area contributed by atoms with Gasteiger partial charge < -0.3 is 10.5 Å². The molecule has 0 spiro atoms. The second kappa shape index (κ2) is 5.63. The van der Waals surface area contributed by atoms with Crippen molar-refractivity contribution >= 4 is 15.9 Å². The first kappa shape index (κ1) is 11.0. The van der Waals surface area contributed by atoms with Crippen LogP contribution in [0.15, 0.2) is 22.7 Å². The zero-order valence-corrected chi connectivity index (χ0v) is 9.25. The molecule has 0 aliphatic carbocycles. The molecule has 0 bridgehead atoms. The van der Waals surface area contributed by atoms with Crippen LogP contribution < -0.4 is 10.5 Å². The summed E-state index contributed by atoms with van der Waals surface area (Å²) in [5.74, 6) is 0.692. The Bertz CT molecular complexity index is 346. The molecule has 1 aromatic carbocycles. The molecule has 1 aromatic rings. The van der Waals surface area contributed by atoms with Crippen LogP contribution in [0.2, 0.25) is 0 Å². The van der Waals surface area contributed by atoms with E-state index in [0.717, 1.165) is 10.9 Å². The average molecular weight is 255 g/mol. The van der Waals surface area contributed by atoms with Crippen LogP contribution in [-0.4, -0.2) is 13.2 Å². The van der Waals surface area contributed by atoms with Crippen LogP contribution >= 0.6 is 15.9 Å². The van der Waals surface area contributed by atoms with Gasteiger partial charge in [-0.15, -0.1) is 0 Å². The Labute approximate surface area is 91.6 Å². The van der Waals surface area contributed by atoms with E-state index >= 15 is 0 Å². The van der Waals surface area contributed by atoms with Crippen LogP contribution in [0.3, 0.4) is 0 Å². The quantitative estimate of drug-likeness (QED) is 0.837. The number of nitrogens with zero attached hydrogens (tertiary/aromatic N) is 1. The topological polar surface area (TPSA) is 59.0 Å². The molecule has 0 radical (unpaired) electrons. The predicted octanol–water partition coefficient (Wildman–Crippen LogP) is 2.05. The second-order valence-corrected chi connectivity index (χ2v) is 3.60. The number of rotatable bonds is 4. The molecule has 0 aliphatic rings. The van der Waals surface area contributed by atoms with Crippen LogP contribution in [0.25, 0.3) is 0 Å². The van der Waals surface area contributed by atoms with Gasteiger partial charge in [-0.1, -0.05) is 0 Å². The van der Waals surface area contributed by atoms with Gasteiger partial charge in [0.05, 0.1) is 22.7 Å². The summed E-state index contributed by atoms with van der Waals surface area (Å²) < 4.78 is 6.30. The highest BCUT2D eigenvalue weighted by Crippen LogP contribution is 2.25. The lowest BCUT2D eigenvalue weighted by molar-refractivity contribution is 0.311. The standard InChI is InChI=1S/C10H11BrN2O/c11-9-3-2-8(7-13)6-10(9)14-5-1-4-12/h2-3,6H,1,4-5,12H2. The molecule has 0 heterocycles. The molecule has 14 heavy (non-hydrogen) atoms. The van der Waals surface area contributed by atoms with E-state index in [9.17, 15) is 0 Å². The third-order valence-corrected chi connectivity index (χ3v) is 2.32. The molecular weight excluding hydrogens is 244 g/mol. The smallest absolute Gasteiger partial charge is 0.134 e. The fourth-order valence-corrected chi connectivity index (χ4v) is 1.31. The van der Waals surface area contributed by atoms with Crippen LogP contribution in [0, 0.1) is 11.3 Å². The number of ether oxygens (including phenoxy) is 1. The summed E-state index contributed by atoms with van der Waals surface area (Å²) in [6, 6.07) is 7.31. The Morgan fingerprint density at radius 3 is 2.93 bits per heavy atom. The maximum absolute atomic E-state index is 8.68. The van der Waals surface area contributed by atoms with E-state index in [2.05, 4.69) is 22.0 Å². The van der Waals surface area contributed by atoms with E-state index in [1.807, 2.05) is 0 Å². The van der Waals surface area contributed by atoms with Gasteiger partial charge in [0.15, 0.2) is 0 Å². The molecule has 3 nitrogen and oxygen atoms in total. The minimum absolute atomic E-state index is 0.573. The largest absolute Gasteiger partial charge is 0.492 e. The molecule has 4 heteroatoms. The number of hydrogen-bond acceptors (Lipinski definition) is 3. The first-order valence-electron chi connectivity index (χ1n) is 4.30. The average Bonchev–Trinajstić information content (AvgIpc) is 2.21. The van der Waals surface area contributed by atoms with Gasteiger partial charge >= 0.3 is 0 Å². The monoisotopic (exact) mass is 254 g/mol. The first-order chi connectivity index (χ1) is 6.77. The van der Waals surface area contributed by atoms with E-state index in [1.54, 1.807) is 18.2 Å². The van der Waals surface area contributed by atoms with Crippen LogP contribution in [0.4, 0.5) is 0 Å². The zero-order valence-electron chi connectivity index (χ0n) is 7.66. The lowest BCUT2D eigenvalue weighted by Crippen LogP contribution is -2.06. The molecule has 0 aliphatic heterocycles. The summed E-state index contributed by atoms with van der Waals surface area (Å²) in [6.07, 6.45) is 0.809. The molecule has 0 amide bonds. The van der Waals surface area contributed by atoms with Gasteiger partial charge in [-0.3, -0.25) is 0 Å². The lowest BCUT2D eigenvalue weighted by atomic mass is 10.2. The molecule has 0 atom stereocenters. The van der Waals surface area contributed by atoms with Gasteiger partial charge in [-0.2, -0.15) is 5.26 Å². The van der Waals surface area contributed by atoms with Crippen molar-refractivity contribution in [2.45, 2.75) is 6.42 Å². The van der Waals surface area contributed by atoms with Crippen molar-refractivity contribution in [3.05, 3.63) is 28.2 Å². The van der Waals surface area contributed by atoms with E-state index in [4.69, 9.17) is 15.7 Å². The second-order valence-electron chi connectivity index (χ2n) is 2.75. The summed E-state index contributed by atoms with van der Waals surface area (Å²) in [5.41, 5.74) is 5.94. The minimum Gasteiger partial charge on any atom is -0.492 e. The fourth-order valence-electron chi connectivity index (χ4n) is 0.949. The molecule has 0 fully saturated rings. The first-order valence-corrected chi connectivity index (χ1v) is 5.09. The van der Waals surface area contributed by atoms with Crippen LogP contribution in [-0.2, 0) is 0 Å². The number of benzene rings is 1. The number of nitriles is 1. The molecular formula is C10H11BrN2O. The number of halogens is 1. The van der Waals surface area contributed by atoms with Crippen molar-refractivity contribution in [3.8, 4) is 11.8 Å². The Balaban J connectivity index is 2.70. The Morgan fingerprint density at radius 2 is 2.29 bits per heavy atom. The number of hydrogen-bond donors (Lipinski definition) is 1. The highest BCUT2D eigenvalue weighted by Gasteiger charge is 2.01. The van der Waals surface area contributed by atoms with Crippen molar-refractivity contribution < 1.29 is 4.74 Å². The SMILES string of the molecule is N#Cc1ccc(Br)c(OCCCN)c1. The van der Waals surface area contributed by atoms with E-state index in [1.165, 1.54) is 0 Å². The van der Waals surface area contributed by atoms with Gasteiger partial charge in [0.1, 0.15) is 5.75 Å². The Morgan fingerprint density at radius 1 is 1.50 bits per heavy atom. The summed E-state index contributed by atoms with van der Waals surface area (Å²) in [7, 11) is 0. The molecule has 2 N–H and O–H groups in total. The molecule has 0 saturated heterocycles. The predicted molar refractivity (Wildman–Crippen MR) is 58.0 cm³/mol. The van der Waals surface area contributed by atoms with Crippen molar-refractivity contribution in [3.63, 3.8) is 0 Å². The molecule has 0 saturated carbocycles.